The molecular weight excluding hydrogens is 144 g/mol. The average Bonchev–Trinajstić information content (AvgIpc) is 2.48. The molecule has 0 unspecified atom stereocenters. The molecule has 0 aliphatic rings. The molecule has 0 aliphatic heterocycles. The summed E-state index contributed by atoms with van der Waals surface area (Å²) in [4.78, 5) is 3.99. The first-order valence-corrected chi connectivity index (χ1v) is 3.30. The lowest BCUT2D eigenvalue weighted by molar-refractivity contribution is 0.199. The van der Waals surface area contributed by atoms with Crippen molar-refractivity contribution in [1.82, 2.24) is 10.1 Å². The second-order valence-electron chi connectivity index (χ2n) is 2.00. The van der Waals surface area contributed by atoms with Crippen LogP contribution in [-0.4, -0.2) is 23.9 Å². The lowest BCUT2D eigenvalue weighted by Gasteiger charge is -1.89. The van der Waals surface area contributed by atoms with Gasteiger partial charge < -0.3 is 9.26 Å². The van der Waals surface area contributed by atoms with Crippen LogP contribution < -0.4 is 0 Å². The molecule has 0 aliphatic carbocycles. The Hall–Kier alpha value is -1.16. The summed E-state index contributed by atoms with van der Waals surface area (Å²) in [6.45, 7) is 4.10. The van der Waals surface area contributed by atoms with E-state index in [1.807, 2.05) is 0 Å². The van der Waals surface area contributed by atoms with Gasteiger partial charge in [-0.05, 0) is 6.08 Å². The minimum absolute atomic E-state index is 0.455. The standard InChI is InChI=1S/C7H10N2O2/c1-3-7-8-6(9-11-7)4-5-10-2/h3H,1,4-5H2,2H3. The maximum absolute atomic E-state index is 4.84. The second kappa shape index (κ2) is 3.88. The molecule has 1 rings (SSSR count). The molecule has 60 valence electrons. The molecule has 4 heteroatoms. The molecule has 0 saturated carbocycles. The molecule has 1 heterocycles. The zero-order valence-electron chi connectivity index (χ0n) is 6.41. The van der Waals surface area contributed by atoms with Crippen LogP contribution in [-0.2, 0) is 11.2 Å². The number of nitrogens with zero attached hydrogens (tertiary/aromatic N) is 2. The predicted octanol–water partition coefficient (Wildman–Crippen LogP) is 0.901. The highest BCUT2D eigenvalue weighted by Gasteiger charge is 2.00. The zero-order valence-corrected chi connectivity index (χ0v) is 6.41. The maximum Gasteiger partial charge on any atom is 0.250 e. The minimum atomic E-state index is 0.455. The van der Waals surface area contributed by atoms with Gasteiger partial charge in [-0.25, -0.2) is 0 Å². The average molecular weight is 154 g/mol. The van der Waals surface area contributed by atoms with Crippen LogP contribution in [0.4, 0.5) is 0 Å². The molecule has 0 atom stereocenters. The molecule has 1 aromatic rings. The Labute approximate surface area is 64.9 Å². The monoisotopic (exact) mass is 154 g/mol. The molecule has 4 nitrogen and oxygen atoms in total. The van der Waals surface area contributed by atoms with Gasteiger partial charge in [0.05, 0.1) is 6.61 Å². The summed E-state index contributed by atoms with van der Waals surface area (Å²) < 4.78 is 9.62. The van der Waals surface area contributed by atoms with E-state index in [-0.39, 0.29) is 0 Å². The molecule has 1 aromatic heterocycles. The molecule has 0 spiro atoms. The van der Waals surface area contributed by atoms with E-state index in [2.05, 4.69) is 16.7 Å². The largest absolute Gasteiger partial charge is 0.384 e. The normalized spacial score (nSPS) is 9.91. The number of hydrogen-bond donors (Lipinski definition) is 0. The van der Waals surface area contributed by atoms with Gasteiger partial charge in [0.1, 0.15) is 0 Å². The van der Waals surface area contributed by atoms with E-state index in [0.717, 1.165) is 0 Å². The topological polar surface area (TPSA) is 48.2 Å². The van der Waals surface area contributed by atoms with E-state index < -0.39 is 0 Å². The molecule has 0 radical (unpaired) electrons. The van der Waals surface area contributed by atoms with Crippen molar-refractivity contribution >= 4 is 6.08 Å². The van der Waals surface area contributed by atoms with E-state index in [4.69, 9.17) is 9.26 Å². The fraction of sp³-hybridized carbons (Fsp3) is 0.429. The highest BCUT2D eigenvalue weighted by molar-refractivity contribution is 5.32. The summed E-state index contributed by atoms with van der Waals surface area (Å²) in [6, 6.07) is 0. The minimum Gasteiger partial charge on any atom is -0.384 e. The Morgan fingerprint density at radius 2 is 2.55 bits per heavy atom. The quantitative estimate of drug-likeness (QED) is 0.646. The summed E-state index contributed by atoms with van der Waals surface area (Å²) in [5, 5.41) is 3.69. The van der Waals surface area contributed by atoms with E-state index in [0.29, 0.717) is 24.7 Å². The number of rotatable bonds is 4. The molecular formula is C7H10N2O2. The van der Waals surface area contributed by atoms with E-state index >= 15 is 0 Å². The summed E-state index contributed by atoms with van der Waals surface area (Å²) >= 11 is 0. The van der Waals surface area contributed by atoms with Crippen molar-refractivity contribution in [2.24, 2.45) is 0 Å². The summed E-state index contributed by atoms with van der Waals surface area (Å²) in [7, 11) is 1.63. The third-order valence-corrected chi connectivity index (χ3v) is 1.19. The van der Waals surface area contributed by atoms with Gasteiger partial charge in [0.2, 0.25) is 5.89 Å². The molecule has 0 saturated heterocycles. The van der Waals surface area contributed by atoms with Gasteiger partial charge in [-0.2, -0.15) is 4.98 Å². The highest BCUT2D eigenvalue weighted by Crippen LogP contribution is 1.98. The van der Waals surface area contributed by atoms with Crippen LogP contribution in [0.2, 0.25) is 0 Å². The Morgan fingerprint density at radius 1 is 1.73 bits per heavy atom. The van der Waals surface area contributed by atoms with Gasteiger partial charge in [0.25, 0.3) is 0 Å². The van der Waals surface area contributed by atoms with E-state index in [9.17, 15) is 0 Å². The smallest absolute Gasteiger partial charge is 0.250 e. The van der Waals surface area contributed by atoms with Crippen molar-refractivity contribution in [2.75, 3.05) is 13.7 Å². The summed E-state index contributed by atoms with van der Waals surface area (Å²) in [5.41, 5.74) is 0. The highest BCUT2D eigenvalue weighted by atomic mass is 16.5. The van der Waals surface area contributed by atoms with Crippen LogP contribution in [0.1, 0.15) is 11.7 Å². The molecule has 11 heavy (non-hydrogen) atoms. The van der Waals surface area contributed by atoms with Crippen molar-refractivity contribution in [3.8, 4) is 0 Å². The summed E-state index contributed by atoms with van der Waals surface area (Å²) in [5.74, 6) is 1.11. The van der Waals surface area contributed by atoms with Crippen molar-refractivity contribution in [2.45, 2.75) is 6.42 Å². The SMILES string of the molecule is C=Cc1nc(CCOC)no1. The van der Waals surface area contributed by atoms with Crippen LogP contribution >= 0.6 is 0 Å². The predicted molar refractivity (Wildman–Crippen MR) is 40.0 cm³/mol. The van der Waals surface area contributed by atoms with Crippen LogP contribution in [0.5, 0.6) is 0 Å². The van der Waals surface area contributed by atoms with Crippen molar-refractivity contribution < 1.29 is 9.26 Å². The van der Waals surface area contributed by atoms with Crippen molar-refractivity contribution in [3.63, 3.8) is 0 Å². The van der Waals surface area contributed by atoms with Gasteiger partial charge in [-0.1, -0.05) is 11.7 Å². The number of methoxy groups -OCH3 is 1. The van der Waals surface area contributed by atoms with Gasteiger partial charge in [0, 0.05) is 13.5 Å². The van der Waals surface area contributed by atoms with Crippen LogP contribution in [0.25, 0.3) is 6.08 Å². The lowest BCUT2D eigenvalue weighted by Crippen LogP contribution is -1.95. The van der Waals surface area contributed by atoms with Crippen molar-refractivity contribution in [1.29, 1.82) is 0 Å². The molecule has 0 N–H and O–H groups in total. The van der Waals surface area contributed by atoms with Gasteiger partial charge in [-0.15, -0.1) is 0 Å². The van der Waals surface area contributed by atoms with Gasteiger partial charge in [-0.3, -0.25) is 0 Å². The lowest BCUT2D eigenvalue weighted by atomic mass is 10.4. The van der Waals surface area contributed by atoms with Gasteiger partial charge in [0.15, 0.2) is 5.82 Å². The Morgan fingerprint density at radius 3 is 3.09 bits per heavy atom. The van der Waals surface area contributed by atoms with E-state index in [1.165, 1.54) is 6.08 Å². The molecule has 0 bridgehead atoms. The number of aromatic nitrogens is 2. The van der Waals surface area contributed by atoms with Crippen LogP contribution in [0.3, 0.4) is 0 Å². The fourth-order valence-corrected chi connectivity index (χ4v) is 0.645. The third kappa shape index (κ3) is 2.16. The second-order valence-corrected chi connectivity index (χ2v) is 2.00. The number of ether oxygens (including phenoxy) is 1. The Balaban J connectivity index is 2.51. The number of hydrogen-bond acceptors (Lipinski definition) is 4. The first-order valence-electron chi connectivity index (χ1n) is 3.30. The molecule has 0 aromatic carbocycles. The first-order chi connectivity index (χ1) is 5.36. The maximum atomic E-state index is 4.84. The zero-order chi connectivity index (χ0) is 8.10. The van der Waals surface area contributed by atoms with E-state index in [1.54, 1.807) is 7.11 Å². The Kier molecular flexibility index (Phi) is 2.80. The Bertz CT molecular complexity index is 232. The van der Waals surface area contributed by atoms with Crippen LogP contribution in [0.15, 0.2) is 11.1 Å². The molecule has 0 fully saturated rings. The summed E-state index contributed by atoms with van der Waals surface area (Å²) in [6.07, 6.45) is 2.19. The molecule has 0 amide bonds. The first kappa shape index (κ1) is 7.94. The van der Waals surface area contributed by atoms with Crippen molar-refractivity contribution in [3.05, 3.63) is 18.3 Å². The fourth-order valence-electron chi connectivity index (χ4n) is 0.645. The van der Waals surface area contributed by atoms with Crippen LogP contribution in [0, 0.1) is 0 Å². The van der Waals surface area contributed by atoms with Gasteiger partial charge >= 0.3 is 0 Å². The third-order valence-electron chi connectivity index (χ3n) is 1.19.